The van der Waals surface area contributed by atoms with E-state index in [2.05, 4.69) is 20.9 Å². The van der Waals surface area contributed by atoms with Gasteiger partial charge in [0.05, 0.1) is 11.1 Å². The largest absolute Gasteiger partial charge is 0.474 e. The molecule has 72 valence electrons. The average molecular weight is 246 g/mol. The summed E-state index contributed by atoms with van der Waals surface area (Å²) in [4.78, 5) is 4.12. The van der Waals surface area contributed by atoms with Crippen LogP contribution in [0.25, 0.3) is 0 Å². The quantitative estimate of drug-likeness (QED) is 0.763. The van der Waals surface area contributed by atoms with E-state index >= 15 is 0 Å². The molecule has 0 amide bonds. The van der Waals surface area contributed by atoms with Gasteiger partial charge in [-0.3, -0.25) is 0 Å². The molecule has 0 saturated heterocycles. The number of hydrogen-bond acceptors (Lipinski definition) is 3. The molecule has 4 heteroatoms. The van der Waals surface area contributed by atoms with Gasteiger partial charge in [0.2, 0.25) is 5.88 Å². The molecule has 1 aromatic rings. The van der Waals surface area contributed by atoms with Crippen molar-refractivity contribution in [2.45, 2.75) is 6.92 Å². The Morgan fingerprint density at radius 2 is 2.23 bits per heavy atom. The smallest absolute Gasteiger partial charge is 0.228 e. The maximum absolute atomic E-state index is 5.35. The zero-order chi connectivity index (χ0) is 9.68. The molecule has 1 rings (SSSR count). The Labute approximate surface area is 86.2 Å². The highest BCUT2D eigenvalue weighted by Gasteiger charge is 2.01. The van der Waals surface area contributed by atoms with Crippen LogP contribution >= 0.6 is 15.9 Å². The molecule has 0 N–H and O–H groups in total. The molecule has 0 aromatic carbocycles. The fraction of sp³-hybridized carbons (Fsp3) is 0.444. The van der Waals surface area contributed by atoms with Crippen LogP contribution in [0.15, 0.2) is 16.7 Å². The number of nitrogens with zero attached hydrogens (tertiary/aromatic N) is 1. The number of halogens is 1. The highest BCUT2D eigenvalue weighted by molar-refractivity contribution is 9.10. The van der Waals surface area contributed by atoms with Crippen molar-refractivity contribution in [2.24, 2.45) is 0 Å². The first-order valence-electron chi connectivity index (χ1n) is 3.98. The summed E-state index contributed by atoms with van der Waals surface area (Å²) in [5.41, 5.74) is 1.10. The van der Waals surface area contributed by atoms with Crippen molar-refractivity contribution in [2.75, 3.05) is 20.3 Å². The molecule has 0 bridgehead atoms. The van der Waals surface area contributed by atoms with Gasteiger partial charge in [-0.25, -0.2) is 4.98 Å². The van der Waals surface area contributed by atoms with Crippen LogP contribution < -0.4 is 4.74 Å². The summed E-state index contributed by atoms with van der Waals surface area (Å²) in [7, 11) is 1.64. The minimum absolute atomic E-state index is 0.519. The van der Waals surface area contributed by atoms with E-state index in [-0.39, 0.29) is 0 Å². The van der Waals surface area contributed by atoms with Crippen molar-refractivity contribution in [1.29, 1.82) is 0 Å². The molecule has 0 atom stereocenters. The summed E-state index contributed by atoms with van der Waals surface area (Å²) in [5, 5.41) is 0. The second-order valence-electron chi connectivity index (χ2n) is 2.64. The van der Waals surface area contributed by atoms with E-state index in [1.165, 1.54) is 0 Å². The number of ether oxygens (including phenoxy) is 2. The Morgan fingerprint density at radius 3 is 2.85 bits per heavy atom. The highest BCUT2D eigenvalue weighted by Crippen LogP contribution is 2.22. The number of aromatic nitrogens is 1. The van der Waals surface area contributed by atoms with E-state index in [1.807, 2.05) is 13.0 Å². The lowest BCUT2D eigenvalue weighted by Crippen LogP contribution is -2.05. The van der Waals surface area contributed by atoms with Crippen LogP contribution in [0.3, 0.4) is 0 Å². The maximum atomic E-state index is 5.35. The molecular formula is C9H12BrNO2. The van der Waals surface area contributed by atoms with Crippen molar-refractivity contribution in [3.05, 3.63) is 22.3 Å². The summed E-state index contributed by atoms with van der Waals surface area (Å²) >= 11 is 3.37. The molecule has 0 unspecified atom stereocenters. The lowest BCUT2D eigenvalue weighted by Gasteiger charge is -2.06. The summed E-state index contributed by atoms with van der Waals surface area (Å²) in [6, 6.07) is 1.97. The second kappa shape index (κ2) is 5.19. The van der Waals surface area contributed by atoms with Crippen molar-refractivity contribution in [3.8, 4) is 5.88 Å². The number of hydrogen-bond donors (Lipinski definition) is 0. The fourth-order valence-corrected chi connectivity index (χ4v) is 1.43. The van der Waals surface area contributed by atoms with Crippen LogP contribution in [0, 0.1) is 6.92 Å². The second-order valence-corrected chi connectivity index (χ2v) is 3.50. The van der Waals surface area contributed by atoms with E-state index in [1.54, 1.807) is 13.3 Å². The molecule has 13 heavy (non-hydrogen) atoms. The van der Waals surface area contributed by atoms with Gasteiger partial charge in [-0.2, -0.15) is 0 Å². The van der Waals surface area contributed by atoms with Crippen molar-refractivity contribution in [1.82, 2.24) is 4.98 Å². The lowest BCUT2D eigenvalue weighted by molar-refractivity contribution is 0.143. The lowest BCUT2D eigenvalue weighted by atomic mass is 10.3. The highest BCUT2D eigenvalue weighted by atomic mass is 79.9. The van der Waals surface area contributed by atoms with Crippen LogP contribution in [0.5, 0.6) is 5.88 Å². The Morgan fingerprint density at radius 1 is 1.46 bits per heavy atom. The Hall–Kier alpha value is -0.610. The van der Waals surface area contributed by atoms with Gasteiger partial charge >= 0.3 is 0 Å². The summed E-state index contributed by atoms with van der Waals surface area (Å²) in [5.74, 6) is 0.614. The predicted octanol–water partition coefficient (Wildman–Crippen LogP) is 2.18. The van der Waals surface area contributed by atoms with Gasteiger partial charge in [-0.15, -0.1) is 0 Å². The minimum atomic E-state index is 0.519. The third-order valence-corrected chi connectivity index (χ3v) is 2.04. The van der Waals surface area contributed by atoms with E-state index in [4.69, 9.17) is 9.47 Å². The number of pyridine rings is 1. The summed E-state index contributed by atoms with van der Waals surface area (Å²) < 4.78 is 11.1. The molecular weight excluding hydrogens is 234 g/mol. The molecule has 0 fully saturated rings. The molecule has 1 heterocycles. The van der Waals surface area contributed by atoms with Crippen LogP contribution in [0.4, 0.5) is 0 Å². The van der Waals surface area contributed by atoms with E-state index < -0.39 is 0 Å². The van der Waals surface area contributed by atoms with Crippen molar-refractivity contribution < 1.29 is 9.47 Å². The third kappa shape index (κ3) is 3.32. The minimum Gasteiger partial charge on any atom is -0.474 e. The standard InChI is InChI=1S/C9H12BrNO2/c1-7-5-8(10)9(11-6-7)13-4-3-12-2/h5-6H,3-4H2,1-2H3. The third-order valence-electron chi connectivity index (χ3n) is 1.47. The monoisotopic (exact) mass is 245 g/mol. The first-order chi connectivity index (χ1) is 6.24. The van der Waals surface area contributed by atoms with Gasteiger partial charge in [0.1, 0.15) is 6.61 Å². The first kappa shape index (κ1) is 10.5. The number of rotatable bonds is 4. The van der Waals surface area contributed by atoms with Crippen LogP contribution in [-0.4, -0.2) is 25.3 Å². The number of methoxy groups -OCH3 is 1. The molecule has 1 aromatic heterocycles. The van der Waals surface area contributed by atoms with Gasteiger partial charge in [-0.1, -0.05) is 0 Å². The molecule has 0 saturated carbocycles. The van der Waals surface area contributed by atoms with E-state index in [0.717, 1.165) is 10.0 Å². The van der Waals surface area contributed by atoms with E-state index in [0.29, 0.717) is 19.1 Å². The zero-order valence-electron chi connectivity index (χ0n) is 7.71. The molecule has 0 radical (unpaired) electrons. The fourth-order valence-electron chi connectivity index (χ4n) is 0.849. The molecule has 0 spiro atoms. The Bertz CT molecular complexity index is 278. The van der Waals surface area contributed by atoms with Gasteiger partial charge < -0.3 is 9.47 Å². The van der Waals surface area contributed by atoms with Crippen LogP contribution in [0.1, 0.15) is 5.56 Å². The SMILES string of the molecule is COCCOc1ncc(C)cc1Br. The van der Waals surface area contributed by atoms with Gasteiger partial charge in [0.25, 0.3) is 0 Å². The van der Waals surface area contributed by atoms with Gasteiger partial charge in [0.15, 0.2) is 0 Å². The average Bonchev–Trinajstić information content (AvgIpc) is 2.09. The topological polar surface area (TPSA) is 31.4 Å². The maximum Gasteiger partial charge on any atom is 0.228 e. The molecule has 0 aliphatic carbocycles. The first-order valence-corrected chi connectivity index (χ1v) is 4.77. The molecule has 0 aliphatic heterocycles. The Kier molecular flexibility index (Phi) is 4.18. The van der Waals surface area contributed by atoms with Gasteiger partial charge in [0, 0.05) is 13.3 Å². The summed E-state index contributed by atoms with van der Waals surface area (Å²) in [6.07, 6.45) is 1.77. The molecule has 0 aliphatic rings. The van der Waals surface area contributed by atoms with Crippen LogP contribution in [-0.2, 0) is 4.74 Å². The van der Waals surface area contributed by atoms with Crippen molar-refractivity contribution >= 4 is 15.9 Å². The van der Waals surface area contributed by atoms with Crippen molar-refractivity contribution in [3.63, 3.8) is 0 Å². The predicted molar refractivity (Wildman–Crippen MR) is 54.0 cm³/mol. The zero-order valence-corrected chi connectivity index (χ0v) is 9.30. The van der Waals surface area contributed by atoms with Gasteiger partial charge in [-0.05, 0) is 34.5 Å². The Balaban J connectivity index is 2.56. The normalized spacial score (nSPS) is 10.1. The summed E-state index contributed by atoms with van der Waals surface area (Å²) in [6.45, 7) is 3.07. The molecule has 3 nitrogen and oxygen atoms in total. The van der Waals surface area contributed by atoms with Crippen LogP contribution in [0.2, 0.25) is 0 Å². The van der Waals surface area contributed by atoms with E-state index in [9.17, 15) is 0 Å². The number of aryl methyl sites for hydroxylation is 1.